The molecule has 1 heterocycles. The van der Waals surface area contributed by atoms with Crippen molar-refractivity contribution in [3.63, 3.8) is 0 Å². The van der Waals surface area contributed by atoms with Gasteiger partial charge in [-0.15, -0.1) is 0 Å². The van der Waals surface area contributed by atoms with Crippen LogP contribution in [0.3, 0.4) is 0 Å². The van der Waals surface area contributed by atoms with Gasteiger partial charge in [-0.2, -0.15) is 0 Å². The van der Waals surface area contributed by atoms with Crippen molar-refractivity contribution < 1.29 is 28.7 Å². The molecule has 1 N–H and O–H groups in total. The number of fused-ring (bicyclic) bond motifs is 1. The van der Waals surface area contributed by atoms with Crippen molar-refractivity contribution in [3.05, 3.63) is 57.1 Å². The van der Waals surface area contributed by atoms with Gasteiger partial charge in [0.1, 0.15) is 18.8 Å². The predicted molar refractivity (Wildman–Crippen MR) is 99.0 cm³/mol. The van der Waals surface area contributed by atoms with E-state index in [1.54, 1.807) is 18.2 Å². The van der Waals surface area contributed by atoms with Crippen molar-refractivity contribution in [2.45, 2.75) is 13.0 Å². The first-order valence-corrected chi connectivity index (χ1v) is 8.58. The molecular weight excluding hydrogens is 392 g/mol. The summed E-state index contributed by atoms with van der Waals surface area (Å²) in [5, 5.41) is 14.3. The lowest BCUT2D eigenvalue weighted by molar-refractivity contribution is -0.385. The normalized spacial score (nSPS) is 13.4. The summed E-state index contributed by atoms with van der Waals surface area (Å²) in [6.45, 7) is 1.84. The quantitative estimate of drug-likeness (QED) is 0.460. The summed E-state index contributed by atoms with van der Waals surface area (Å²) in [6, 6.07) is 8.71. The molecule has 10 heteroatoms. The molecule has 0 fully saturated rings. The summed E-state index contributed by atoms with van der Waals surface area (Å²) in [7, 11) is 0. The Morgan fingerprint density at radius 1 is 1.21 bits per heavy atom. The molecule has 0 bridgehead atoms. The van der Waals surface area contributed by atoms with E-state index in [0.717, 1.165) is 6.07 Å². The van der Waals surface area contributed by atoms with Gasteiger partial charge in [0.05, 0.1) is 11.0 Å². The predicted octanol–water partition coefficient (Wildman–Crippen LogP) is 3.20. The second-order valence-electron chi connectivity index (χ2n) is 5.82. The summed E-state index contributed by atoms with van der Waals surface area (Å²) in [6.07, 6.45) is -1.21. The molecule has 1 atom stereocenters. The zero-order valence-corrected chi connectivity index (χ0v) is 15.4. The van der Waals surface area contributed by atoms with Gasteiger partial charge in [0.25, 0.3) is 11.6 Å². The third-order valence-electron chi connectivity index (χ3n) is 3.82. The largest absolute Gasteiger partial charge is 0.486 e. The van der Waals surface area contributed by atoms with Gasteiger partial charge in [0, 0.05) is 16.8 Å². The zero-order chi connectivity index (χ0) is 20.3. The number of anilines is 1. The lowest BCUT2D eigenvalue weighted by Crippen LogP contribution is -2.30. The van der Waals surface area contributed by atoms with E-state index in [2.05, 4.69) is 5.32 Å². The summed E-state index contributed by atoms with van der Waals surface area (Å²) >= 11 is 5.85. The van der Waals surface area contributed by atoms with Crippen LogP contribution in [0.2, 0.25) is 5.02 Å². The number of amides is 1. The molecule has 28 heavy (non-hydrogen) atoms. The minimum absolute atomic E-state index is 0.168. The number of carbonyl (C=O) groups is 2. The van der Waals surface area contributed by atoms with E-state index in [0.29, 0.717) is 10.7 Å². The van der Waals surface area contributed by atoms with Crippen LogP contribution in [0.1, 0.15) is 17.3 Å². The first-order valence-electron chi connectivity index (χ1n) is 8.20. The Hall–Kier alpha value is -3.33. The monoisotopic (exact) mass is 406 g/mol. The number of carbonyl (C=O) groups excluding carboxylic acids is 2. The van der Waals surface area contributed by atoms with Crippen molar-refractivity contribution in [1.82, 2.24) is 0 Å². The highest BCUT2D eigenvalue weighted by molar-refractivity contribution is 6.30. The van der Waals surface area contributed by atoms with E-state index >= 15 is 0 Å². The van der Waals surface area contributed by atoms with Crippen LogP contribution in [0.15, 0.2) is 36.4 Å². The summed E-state index contributed by atoms with van der Waals surface area (Å²) < 4.78 is 15.7. The van der Waals surface area contributed by atoms with Gasteiger partial charge in [-0.25, -0.2) is 4.79 Å². The highest BCUT2D eigenvalue weighted by atomic mass is 35.5. The molecule has 0 aliphatic carbocycles. The second kappa shape index (κ2) is 8.13. The molecule has 2 aromatic rings. The first-order chi connectivity index (χ1) is 13.3. The fourth-order valence-corrected chi connectivity index (χ4v) is 2.67. The molecule has 9 nitrogen and oxygen atoms in total. The van der Waals surface area contributed by atoms with Gasteiger partial charge in [-0.1, -0.05) is 17.7 Å². The molecule has 1 aliphatic rings. The van der Waals surface area contributed by atoms with Crippen LogP contribution in [0, 0.1) is 10.1 Å². The maximum atomic E-state index is 12.5. The third-order valence-corrected chi connectivity index (χ3v) is 4.06. The SMILES string of the molecule is C[C@@H](OC(=O)c1cc2c(cc1[N+](=O)[O-])OCCO2)C(=O)Nc1cccc(Cl)c1. The molecule has 1 aliphatic heterocycles. The highest BCUT2D eigenvalue weighted by Crippen LogP contribution is 2.37. The van der Waals surface area contributed by atoms with E-state index < -0.39 is 28.6 Å². The van der Waals surface area contributed by atoms with E-state index in [9.17, 15) is 19.7 Å². The van der Waals surface area contributed by atoms with Crippen LogP contribution < -0.4 is 14.8 Å². The lowest BCUT2D eigenvalue weighted by Gasteiger charge is -2.19. The summed E-state index contributed by atoms with van der Waals surface area (Å²) in [5.41, 5.74) is -0.418. The molecule has 0 aromatic heterocycles. The molecule has 0 spiro atoms. The Labute approximate surface area is 164 Å². The van der Waals surface area contributed by atoms with Crippen LogP contribution >= 0.6 is 11.6 Å². The maximum absolute atomic E-state index is 12.5. The number of hydrogen-bond donors (Lipinski definition) is 1. The van der Waals surface area contributed by atoms with E-state index in [1.165, 1.54) is 19.1 Å². The van der Waals surface area contributed by atoms with Crippen LogP contribution in [0.4, 0.5) is 11.4 Å². The fraction of sp³-hybridized carbons (Fsp3) is 0.222. The van der Waals surface area contributed by atoms with Gasteiger partial charge in [-0.3, -0.25) is 14.9 Å². The minimum Gasteiger partial charge on any atom is -0.486 e. The number of rotatable bonds is 5. The van der Waals surface area contributed by atoms with Crippen LogP contribution in [-0.4, -0.2) is 36.1 Å². The first kappa shape index (κ1) is 19.4. The Balaban J connectivity index is 1.76. The molecule has 3 rings (SSSR count). The number of benzene rings is 2. The number of esters is 1. The Morgan fingerprint density at radius 2 is 1.89 bits per heavy atom. The molecule has 146 valence electrons. The molecule has 2 aromatic carbocycles. The topological polar surface area (TPSA) is 117 Å². The smallest absolute Gasteiger partial charge is 0.346 e. The number of hydrogen-bond acceptors (Lipinski definition) is 7. The van der Waals surface area contributed by atoms with E-state index in [-0.39, 0.29) is 30.3 Å². The van der Waals surface area contributed by atoms with Crippen LogP contribution in [0.25, 0.3) is 0 Å². The molecular formula is C18H15ClN2O7. The fourth-order valence-electron chi connectivity index (χ4n) is 2.48. The highest BCUT2D eigenvalue weighted by Gasteiger charge is 2.29. The molecule has 1 amide bonds. The van der Waals surface area contributed by atoms with Gasteiger partial charge < -0.3 is 19.5 Å². The molecule has 0 unspecified atom stereocenters. The number of ether oxygens (including phenoxy) is 3. The number of nitro groups is 1. The standard InChI is InChI=1S/C18H15ClN2O7/c1-10(17(22)20-12-4-2-3-11(19)7-12)28-18(23)13-8-15-16(27-6-5-26-15)9-14(13)21(24)25/h2-4,7-10H,5-6H2,1H3,(H,20,22)/t10-/m1/s1. The number of nitro benzene ring substituents is 1. The van der Waals surface area contributed by atoms with Crippen molar-refractivity contribution in [2.75, 3.05) is 18.5 Å². The average Bonchev–Trinajstić information content (AvgIpc) is 2.66. The molecule has 0 radical (unpaired) electrons. The Kier molecular flexibility index (Phi) is 5.65. The van der Waals surface area contributed by atoms with Gasteiger partial charge in [0.15, 0.2) is 17.6 Å². The lowest BCUT2D eigenvalue weighted by atomic mass is 10.1. The summed E-state index contributed by atoms with van der Waals surface area (Å²) in [4.78, 5) is 35.3. The van der Waals surface area contributed by atoms with Crippen molar-refractivity contribution in [2.24, 2.45) is 0 Å². The second-order valence-corrected chi connectivity index (χ2v) is 6.25. The average molecular weight is 407 g/mol. The molecule has 0 saturated heterocycles. The zero-order valence-electron chi connectivity index (χ0n) is 14.6. The number of nitrogens with one attached hydrogen (secondary N) is 1. The minimum atomic E-state index is -1.21. The van der Waals surface area contributed by atoms with Gasteiger partial charge in [0.2, 0.25) is 0 Å². The summed E-state index contributed by atoms with van der Waals surface area (Å²) in [5.74, 6) is -1.28. The Bertz CT molecular complexity index is 948. The number of halogens is 1. The molecule has 0 saturated carbocycles. The Morgan fingerprint density at radius 3 is 2.54 bits per heavy atom. The van der Waals surface area contributed by atoms with Gasteiger partial charge in [-0.05, 0) is 25.1 Å². The number of nitrogens with zero attached hydrogens (tertiary/aromatic N) is 1. The van der Waals surface area contributed by atoms with Crippen molar-refractivity contribution >= 4 is 34.9 Å². The van der Waals surface area contributed by atoms with Crippen LogP contribution in [0.5, 0.6) is 11.5 Å². The van der Waals surface area contributed by atoms with Crippen molar-refractivity contribution in [1.29, 1.82) is 0 Å². The van der Waals surface area contributed by atoms with Crippen LogP contribution in [-0.2, 0) is 9.53 Å². The van der Waals surface area contributed by atoms with Crippen molar-refractivity contribution in [3.8, 4) is 11.5 Å². The van der Waals surface area contributed by atoms with E-state index in [1.807, 2.05) is 0 Å². The third kappa shape index (κ3) is 4.32. The van der Waals surface area contributed by atoms with E-state index in [4.69, 9.17) is 25.8 Å². The maximum Gasteiger partial charge on any atom is 0.346 e. The van der Waals surface area contributed by atoms with Gasteiger partial charge >= 0.3 is 5.97 Å².